The van der Waals surface area contributed by atoms with Crippen molar-refractivity contribution in [3.05, 3.63) is 23.9 Å². The second-order valence-electron chi connectivity index (χ2n) is 2.39. The molecule has 6 heteroatoms. The van der Waals surface area contributed by atoms with Gasteiger partial charge < -0.3 is 4.74 Å². The zero-order valence-electron chi connectivity index (χ0n) is 6.90. The van der Waals surface area contributed by atoms with Crippen molar-refractivity contribution in [1.29, 1.82) is 0 Å². The first-order valence-corrected chi connectivity index (χ1v) is 5.90. The van der Waals surface area contributed by atoms with E-state index in [4.69, 9.17) is 15.4 Å². The first-order valence-electron chi connectivity index (χ1n) is 3.42. The molecule has 0 amide bonds. The van der Waals surface area contributed by atoms with E-state index in [1.807, 2.05) is 0 Å². The summed E-state index contributed by atoms with van der Waals surface area (Å²) in [5, 5.41) is 0. The van der Waals surface area contributed by atoms with E-state index in [0.717, 1.165) is 0 Å². The molecule has 1 rings (SSSR count). The Hall–Kier alpha value is -0.810. The van der Waals surface area contributed by atoms with Gasteiger partial charge in [0, 0.05) is 22.9 Å². The van der Waals surface area contributed by atoms with Gasteiger partial charge in [0.25, 0.3) is 0 Å². The highest BCUT2D eigenvalue weighted by Gasteiger charge is 2.07. The second-order valence-corrected chi connectivity index (χ2v) is 5.17. The molecule has 1 aromatic rings. The normalized spacial score (nSPS) is 11.2. The van der Waals surface area contributed by atoms with Gasteiger partial charge in [0.15, 0.2) is 0 Å². The summed E-state index contributed by atoms with van der Waals surface area (Å²) in [6, 6.07) is 3.10. The van der Waals surface area contributed by atoms with Crippen molar-refractivity contribution in [2.45, 2.75) is 5.75 Å². The molecule has 0 saturated heterocycles. The average Bonchev–Trinajstić information content (AvgIpc) is 2.01. The minimum Gasteiger partial charge on any atom is -0.481 e. The predicted molar refractivity (Wildman–Crippen MR) is 49.3 cm³/mol. The fraction of sp³-hybridized carbons (Fsp3) is 0.286. The average molecular weight is 222 g/mol. The molecule has 0 spiro atoms. The van der Waals surface area contributed by atoms with E-state index in [-0.39, 0.29) is 5.75 Å². The van der Waals surface area contributed by atoms with Crippen LogP contribution in [-0.4, -0.2) is 20.5 Å². The fourth-order valence-corrected chi connectivity index (χ4v) is 1.81. The van der Waals surface area contributed by atoms with Gasteiger partial charge in [-0.15, -0.1) is 0 Å². The summed E-state index contributed by atoms with van der Waals surface area (Å²) in [5.74, 6) is 0.158. The lowest BCUT2D eigenvalue weighted by atomic mass is 10.3. The summed E-state index contributed by atoms with van der Waals surface area (Å²) in [5.41, 5.74) is 0.557. The van der Waals surface area contributed by atoms with Crippen LogP contribution in [0.2, 0.25) is 0 Å². The third-order valence-electron chi connectivity index (χ3n) is 1.35. The van der Waals surface area contributed by atoms with Gasteiger partial charge in [0.05, 0.1) is 12.9 Å². The molecule has 4 nitrogen and oxygen atoms in total. The van der Waals surface area contributed by atoms with Crippen molar-refractivity contribution >= 4 is 19.7 Å². The zero-order valence-corrected chi connectivity index (χ0v) is 8.47. The van der Waals surface area contributed by atoms with Gasteiger partial charge >= 0.3 is 0 Å². The van der Waals surface area contributed by atoms with Gasteiger partial charge in [0.1, 0.15) is 0 Å². The maximum absolute atomic E-state index is 10.7. The molecule has 0 N–H and O–H groups in total. The molecule has 0 bridgehead atoms. The van der Waals surface area contributed by atoms with Crippen molar-refractivity contribution in [2.75, 3.05) is 7.11 Å². The summed E-state index contributed by atoms with van der Waals surface area (Å²) in [4.78, 5) is 3.83. The Bertz CT molecular complexity index is 390. The van der Waals surface area contributed by atoms with Gasteiger partial charge in [-0.25, -0.2) is 13.4 Å². The van der Waals surface area contributed by atoms with Gasteiger partial charge in [-0.1, -0.05) is 0 Å². The first kappa shape index (κ1) is 10.3. The SMILES string of the molecule is COc1cc(CS(=O)(=O)Cl)ccn1. The molecular weight excluding hydrogens is 214 g/mol. The summed E-state index contributed by atoms with van der Waals surface area (Å²) in [6.07, 6.45) is 1.47. The highest BCUT2D eigenvalue weighted by Crippen LogP contribution is 2.13. The molecule has 1 heterocycles. The van der Waals surface area contributed by atoms with Crippen molar-refractivity contribution in [2.24, 2.45) is 0 Å². The monoisotopic (exact) mass is 221 g/mol. The lowest BCUT2D eigenvalue weighted by Gasteiger charge is -2.00. The predicted octanol–water partition coefficient (Wildman–Crippen LogP) is 1.16. The number of aromatic nitrogens is 1. The van der Waals surface area contributed by atoms with E-state index in [0.29, 0.717) is 11.4 Å². The van der Waals surface area contributed by atoms with Gasteiger partial charge in [0.2, 0.25) is 14.9 Å². The smallest absolute Gasteiger partial charge is 0.236 e. The van der Waals surface area contributed by atoms with E-state index >= 15 is 0 Å². The van der Waals surface area contributed by atoms with E-state index in [9.17, 15) is 8.42 Å². The Morgan fingerprint density at radius 2 is 2.31 bits per heavy atom. The van der Waals surface area contributed by atoms with Crippen molar-refractivity contribution in [3.63, 3.8) is 0 Å². The van der Waals surface area contributed by atoms with E-state index < -0.39 is 9.05 Å². The number of pyridine rings is 1. The summed E-state index contributed by atoms with van der Waals surface area (Å²) >= 11 is 0. The number of rotatable bonds is 3. The van der Waals surface area contributed by atoms with Crippen LogP contribution in [-0.2, 0) is 14.8 Å². The maximum Gasteiger partial charge on any atom is 0.236 e. The third kappa shape index (κ3) is 3.61. The molecule has 0 radical (unpaired) electrons. The molecule has 0 aliphatic carbocycles. The Balaban J connectivity index is 2.90. The van der Waals surface area contributed by atoms with Crippen LogP contribution < -0.4 is 4.74 Å². The third-order valence-corrected chi connectivity index (χ3v) is 2.35. The van der Waals surface area contributed by atoms with Crippen molar-refractivity contribution < 1.29 is 13.2 Å². The standard InChI is InChI=1S/C7H8ClNO3S/c1-12-7-4-6(2-3-9-7)5-13(8,10)11/h2-4H,5H2,1H3. The molecule has 0 aliphatic rings. The molecule has 1 aromatic heterocycles. The summed E-state index contributed by atoms with van der Waals surface area (Å²) in [7, 11) is 3.02. The Kier molecular flexibility index (Phi) is 3.11. The van der Waals surface area contributed by atoms with Crippen LogP contribution in [0.15, 0.2) is 18.3 Å². The Morgan fingerprint density at radius 3 is 2.85 bits per heavy atom. The number of methoxy groups -OCH3 is 1. The first-order chi connectivity index (χ1) is 6.01. The Morgan fingerprint density at radius 1 is 1.62 bits per heavy atom. The van der Waals surface area contributed by atoms with E-state index in [2.05, 4.69) is 4.98 Å². The molecular formula is C7H8ClNO3S. The highest BCUT2D eigenvalue weighted by atomic mass is 35.7. The number of nitrogens with zero attached hydrogens (tertiary/aromatic N) is 1. The molecule has 0 aromatic carbocycles. The molecule has 72 valence electrons. The molecule has 0 atom stereocenters. The van der Waals surface area contributed by atoms with E-state index in [1.165, 1.54) is 19.4 Å². The van der Waals surface area contributed by atoms with Crippen LogP contribution in [0.5, 0.6) is 5.88 Å². The van der Waals surface area contributed by atoms with Crippen molar-refractivity contribution in [1.82, 2.24) is 4.98 Å². The molecule has 0 unspecified atom stereocenters. The van der Waals surface area contributed by atoms with Crippen LogP contribution in [0.25, 0.3) is 0 Å². The van der Waals surface area contributed by atoms with Crippen LogP contribution in [0.4, 0.5) is 0 Å². The number of ether oxygens (including phenoxy) is 1. The minimum atomic E-state index is -3.51. The minimum absolute atomic E-state index is 0.215. The van der Waals surface area contributed by atoms with Crippen LogP contribution in [0.1, 0.15) is 5.56 Å². The maximum atomic E-state index is 10.7. The lowest BCUT2D eigenvalue weighted by Crippen LogP contribution is -1.96. The second kappa shape index (κ2) is 3.93. The topological polar surface area (TPSA) is 56.3 Å². The summed E-state index contributed by atoms with van der Waals surface area (Å²) in [6.45, 7) is 0. The highest BCUT2D eigenvalue weighted by molar-refractivity contribution is 8.13. The largest absolute Gasteiger partial charge is 0.481 e. The molecule has 0 saturated carbocycles. The zero-order chi connectivity index (χ0) is 9.90. The fourth-order valence-electron chi connectivity index (χ4n) is 0.851. The Labute approximate surface area is 80.9 Å². The van der Waals surface area contributed by atoms with Gasteiger partial charge in [-0.3, -0.25) is 0 Å². The van der Waals surface area contributed by atoms with E-state index in [1.54, 1.807) is 6.07 Å². The number of halogens is 1. The van der Waals surface area contributed by atoms with Crippen LogP contribution >= 0.6 is 10.7 Å². The van der Waals surface area contributed by atoms with Gasteiger partial charge in [-0.2, -0.15) is 0 Å². The van der Waals surface area contributed by atoms with Gasteiger partial charge in [-0.05, 0) is 11.6 Å². The quantitative estimate of drug-likeness (QED) is 0.719. The summed E-state index contributed by atoms with van der Waals surface area (Å²) < 4.78 is 26.2. The molecule has 13 heavy (non-hydrogen) atoms. The molecule has 0 aliphatic heterocycles. The van der Waals surface area contributed by atoms with Crippen molar-refractivity contribution in [3.8, 4) is 5.88 Å². The molecule has 0 fully saturated rings. The number of hydrogen-bond acceptors (Lipinski definition) is 4. The lowest BCUT2D eigenvalue weighted by molar-refractivity contribution is 0.397. The number of hydrogen-bond donors (Lipinski definition) is 0. The van der Waals surface area contributed by atoms with Crippen LogP contribution in [0, 0.1) is 0 Å². The van der Waals surface area contributed by atoms with Crippen LogP contribution in [0.3, 0.4) is 0 Å².